The predicted octanol–water partition coefficient (Wildman–Crippen LogP) is 3.65. The molecular weight excluding hydrogens is 350 g/mol. The number of rotatable bonds is 11. The van der Waals surface area contributed by atoms with E-state index in [0.29, 0.717) is 12.5 Å². The number of carbonyl (C=O) groups is 3. The Hall–Kier alpha value is -3.14. The van der Waals surface area contributed by atoms with Crippen molar-refractivity contribution in [3.63, 3.8) is 0 Å². The number of nitrogens with zero attached hydrogens (tertiary/aromatic N) is 1. The molecule has 0 saturated carbocycles. The van der Waals surface area contributed by atoms with Crippen LogP contribution in [0.4, 0.5) is 0 Å². The van der Waals surface area contributed by atoms with Gasteiger partial charge in [0.15, 0.2) is 0 Å². The zero-order chi connectivity index (χ0) is 21.1. The first-order valence-electron chi connectivity index (χ1n) is 8.52. The van der Waals surface area contributed by atoms with Crippen molar-refractivity contribution in [3.8, 4) is 6.07 Å². The Balaban J connectivity index is 0. The van der Waals surface area contributed by atoms with Gasteiger partial charge in [0, 0.05) is 18.2 Å². The van der Waals surface area contributed by atoms with E-state index >= 15 is 0 Å². The summed E-state index contributed by atoms with van der Waals surface area (Å²) in [7, 11) is 0. The van der Waals surface area contributed by atoms with Gasteiger partial charge >= 0.3 is 17.9 Å². The fourth-order valence-corrected chi connectivity index (χ4v) is 1.73. The Bertz CT molecular complexity index is 610. The lowest BCUT2D eigenvalue weighted by molar-refractivity contribution is -0.140. The summed E-state index contributed by atoms with van der Waals surface area (Å²) in [6, 6.07) is 1.79. The fourth-order valence-electron chi connectivity index (χ4n) is 1.73. The van der Waals surface area contributed by atoms with Crippen molar-refractivity contribution in [2.75, 3.05) is 6.61 Å². The average molecular weight is 377 g/mol. The van der Waals surface area contributed by atoms with Crippen LogP contribution < -0.4 is 0 Å². The molecule has 0 aromatic carbocycles. The van der Waals surface area contributed by atoms with Crippen molar-refractivity contribution in [1.82, 2.24) is 0 Å². The second kappa shape index (κ2) is 17.7. The maximum Gasteiger partial charge on any atom is 0.338 e. The van der Waals surface area contributed by atoms with E-state index in [1.807, 2.05) is 0 Å². The molecule has 0 spiro atoms. The van der Waals surface area contributed by atoms with Crippen LogP contribution in [0.5, 0.6) is 0 Å². The van der Waals surface area contributed by atoms with E-state index in [9.17, 15) is 14.4 Å². The number of unbranched alkanes of at least 4 members (excludes halogenated alkanes) is 1. The molecule has 0 fully saturated rings. The molecule has 148 valence electrons. The highest BCUT2D eigenvalue weighted by atomic mass is 16.5. The van der Waals surface area contributed by atoms with Crippen LogP contribution in [-0.4, -0.2) is 34.7 Å². The Kier molecular flexibility index (Phi) is 17.1. The van der Waals surface area contributed by atoms with Crippen LogP contribution in [0.1, 0.15) is 39.5 Å². The van der Waals surface area contributed by atoms with Gasteiger partial charge in [-0.15, -0.1) is 0 Å². The molecule has 7 heteroatoms. The molecule has 0 rings (SSSR count). The van der Waals surface area contributed by atoms with Gasteiger partial charge in [-0.05, 0) is 24.5 Å². The molecule has 0 aliphatic carbocycles. The van der Waals surface area contributed by atoms with Crippen molar-refractivity contribution in [2.45, 2.75) is 39.5 Å². The molecule has 0 aliphatic rings. The summed E-state index contributed by atoms with van der Waals surface area (Å²) in [5, 5.41) is 24.7. The van der Waals surface area contributed by atoms with E-state index in [4.69, 9.17) is 20.2 Å². The molecule has 0 saturated heterocycles. The van der Waals surface area contributed by atoms with E-state index < -0.39 is 17.9 Å². The van der Waals surface area contributed by atoms with Crippen LogP contribution in [0.15, 0.2) is 48.6 Å². The summed E-state index contributed by atoms with van der Waals surface area (Å²) in [6.07, 6.45) is 10.9. The lowest BCUT2D eigenvalue weighted by Gasteiger charge is -2.14. The van der Waals surface area contributed by atoms with Gasteiger partial charge in [-0.3, -0.25) is 0 Å². The van der Waals surface area contributed by atoms with Crippen LogP contribution in [0, 0.1) is 17.2 Å². The Morgan fingerprint density at radius 1 is 1.19 bits per heavy atom. The standard InChI is InChI=1S/C17H23NO4.C3H4O2/c1-3-5-8-14(4-2)13-22-17(21)15(10-7-12-18)9-6-11-16(19)20;1-2-3(4)5/h6-7,9-11,14H,3-5,8,13H2,1-2H3,(H,19,20);2H,1H2,(H,4,5). The highest BCUT2D eigenvalue weighted by molar-refractivity contribution is 5.92. The summed E-state index contributed by atoms with van der Waals surface area (Å²) in [5.41, 5.74) is 0.143. The summed E-state index contributed by atoms with van der Waals surface area (Å²) in [6.45, 7) is 7.45. The number of carboxylic acid groups (broad SMARTS) is 2. The van der Waals surface area contributed by atoms with Crippen molar-refractivity contribution in [1.29, 1.82) is 5.26 Å². The molecule has 1 unspecified atom stereocenters. The highest BCUT2D eigenvalue weighted by Crippen LogP contribution is 2.14. The molecule has 0 heterocycles. The maximum absolute atomic E-state index is 12.0. The van der Waals surface area contributed by atoms with Gasteiger partial charge in [-0.1, -0.05) is 45.8 Å². The molecule has 0 aromatic heterocycles. The second-order valence-corrected chi connectivity index (χ2v) is 5.34. The molecule has 0 bridgehead atoms. The lowest BCUT2D eigenvalue weighted by Crippen LogP contribution is -2.14. The van der Waals surface area contributed by atoms with Gasteiger partial charge in [0.05, 0.1) is 18.2 Å². The SMILES string of the molecule is C=CC(=O)O.CCCCC(CC)COC(=O)C(C=CC#N)=CC=CC(=O)O. The van der Waals surface area contributed by atoms with E-state index in [1.54, 1.807) is 6.07 Å². The molecule has 2 N–H and O–H groups in total. The van der Waals surface area contributed by atoms with Gasteiger partial charge < -0.3 is 14.9 Å². The van der Waals surface area contributed by atoms with E-state index in [1.165, 1.54) is 18.2 Å². The molecule has 0 amide bonds. The third-order valence-electron chi connectivity index (χ3n) is 3.26. The van der Waals surface area contributed by atoms with Crippen molar-refractivity contribution in [2.24, 2.45) is 5.92 Å². The minimum Gasteiger partial charge on any atom is -0.478 e. The number of carbonyl (C=O) groups excluding carboxylic acids is 1. The largest absolute Gasteiger partial charge is 0.478 e. The van der Waals surface area contributed by atoms with E-state index in [0.717, 1.165) is 43.9 Å². The van der Waals surface area contributed by atoms with Crippen LogP contribution >= 0.6 is 0 Å². The molecule has 0 aromatic rings. The summed E-state index contributed by atoms with van der Waals surface area (Å²) in [4.78, 5) is 31.7. The van der Waals surface area contributed by atoms with Gasteiger partial charge in [-0.2, -0.15) is 5.26 Å². The Morgan fingerprint density at radius 3 is 2.26 bits per heavy atom. The number of ether oxygens (including phenoxy) is 1. The number of hydrogen-bond acceptors (Lipinski definition) is 5. The molecule has 0 aliphatic heterocycles. The number of aliphatic carboxylic acids is 2. The highest BCUT2D eigenvalue weighted by Gasteiger charge is 2.12. The van der Waals surface area contributed by atoms with Gasteiger partial charge in [0.2, 0.25) is 0 Å². The van der Waals surface area contributed by atoms with Crippen molar-refractivity contribution in [3.05, 3.63) is 48.6 Å². The fraction of sp³-hybridized carbons (Fsp3) is 0.400. The quantitative estimate of drug-likeness (QED) is 0.244. The molecular formula is C20H27NO6. The lowest BCUT2D eigenvalue weighted by atomic mass is 10.0. The van der Waals surface area contributed by atoms with Gasteiger partial charge in [-0.25, -0.2) is 14.4 Å². The number of nitriles is 1. The van der Waals surface area contributed by atoms with Crippen LogP contribution in [0.3, 0.4) is 0 Å². The number of allylic oxidation sites excluding steroid dienone is 3. The van der Waals surface area contributed by atoms with Crippen LogP contribution in [0.25, 0.3) is 0 Å². The van der Waals surface area contributed by atoms with Gasteiger partial charge in [0.25, 0.3) is 0 Å². The second-order valence-electron chi connectivity index (χ2n) is 5.34. The third-order valence-corrected chi connectivity index (χ3v) is 3.26. The van der Waals surface area contributed by atoms with E-state index in [-0.39, 0.29) is 5.57 Å². The van der Waals surface area contributed by atoms with Crippen LogP contribution in [-0.2, 0) is 19.1 Å². The molecule has 27 heavy (non-hydrogen) atoms. The number of esters is 1. The van der Waals surface area contributed by atoms with E-state index in [2.05, 4.69) is 20.4 Å². The average Bonchev–Trinajstić information content (AvgIpc) is 2.64. The monoisotopic (exact) mass is 377 g/mol. The zero-order valence-corrected chi connectivity index (χ0v) is 15.8. The smallest absolute Gasteiger partial charge is 0.338 e. The number of carboxylic acids is 2. The third kappa shape index (κ3) is 17.5. The minimum atomic E-state index is -1.11. The maximum atomic E-state index is 12.0. The predicted molar refractivity (Wildman–Crippen MR) is 102 cm³/mol. The molecule has 0 radical (unpaired) electrons. The Morgan fingerprint density at radius 2 is 1.81 bits per heavy atom. The summed E-state index contributed by atoms with van der Waals surface area (Å²) in [5.74, 6) is -2.33. The van der Waals surface area contributed by atoms with Crippen molar-refractivity contribution >= 4 is 17.9 Å². The van der Waals surface area contributed by atoms with Gasteiger partial charge in [0.1, 0.15) is 0 Å². The Labute approximate surface area is 159 Å². The summed E-state index contributed by atoms with van der Waals surface area (Å²) >= 11 is 0. The first-order chi connectivity index (χ1) is 12.8. The first kappa shape index (κ1) is 26.1. The normalized spacial score (nSPS) is 12.0. The summed E-state index contributed by atoms with van der Waals surface area (Å²) < 4.78 is 5.26. The number of hydrogen-bond donors (Lipinski definition) is 2. The topological polar surface area (TPSA) is 125 Å². The minimum absolute atomic E-state index is 0.143. The van der Waals surface area contributed by atoms with Crippen LogP contribution in [0.2, 0.25) is 0 Å². The first-order valence-corrected chi connectivity index (χ1v) is 8.52. The molecule has 1 atom stereocenters. The van der Waals surface area contributed by atoms with Crippen molar-refractivity contribution < 1.29 is 29.3 Å². The zero-order valence-electron chi connectivity index (χ0n) is 15.8. The molecule has 7 nitrogen and oxygen atoms in total.